The van der Waals surface area contributed by atoms with Gasteiger partial charge in [-0.15, -0.1) is 0 Å². The Hall–Kier alpha value is -2.10. The van der Waals surface area contributed by atoms with Crippen LogP contribution in [-0.4, -0.2) is 66.3 Å². The number of thioether (sulfide) groups is 1. The van der Waals surface area contributed by atoms with Crippen LogP contribution < -0.4 is 4.74 Å². The summed E-state index contributed by atoms with van der Waals surface area (Å²) in [6.45, 7) is 5.53. The minimum Gasteiger partial charge on any atom is -0.489 e. The number of benzene rings is 1. The number of halogens is 1. The van der Waals surface area contributed by atoms with Gasteiger partial charge in [0.15, 0.2) is 0 Å². The fourth-order valence-electron chi connectivity index (χ4n) is 2.74. The van der Waals surface area contributed by atoms with Gasteiger partial charge in [0.25, 0.3) is 11.1 Å². The van der Waals surface area contributed by atoms with Crippen LogP contribution in [0.15, 0.2) is 40.2 Å². The summed E-state index contributed by atoms with van der Waals surface area (Å²) >= 11 is 4.21. The van der Waals surface area contributed by atoms with Crippen molar-refractivity contribution in [2.75, 3.05) is 39.5 Å². The lowest BCUT2D eigenvalue weighted by Gasteiger charge is -2.28. The van der Waals surface area contributed by atoms with E-state index in [0.29, 0.717) is 44.2 Å². The zero-order valence-corrected chi connectivity index (χ0v) is 17.5. The molecule has 2 aliphatic heterocycles. The first-order valence-corrected chi connectivity index (χ1v) is 10.2. The number of rotatable bonds is 6. The van der Waals surface area contributed by atoms with E-state index < -0.39 is 11.1 Å². The molecule has 2 fully saturated rings. The molecule has 0 saturated carbocycles. The molecule has 2 aliphatic rings. The molecule has 0 radical (unpaired) electrons. The van der Waals surface area contributed by atoms with Crippen LogP contribution in [0.3, 0.4) is 0 Å². The van der Waals surface area contributed by atoms with Crippen LogP contribution in [0, 0.1) is 0 Å². The first kappa shape index (κ1) is 20.6. The van der Waals surface area contributed by atoms with Crippen LogP contribution in [0.25, 0.3) is 6.08 Å². The Morgan fingerprint density at radius 1 is 1.32 bits per heavy atom. The minimum absolute atomic E-state index is 0.251. The van der Waals surface area contributed by atoms with E-state index in [-0.39, 0.29) is 17.4 Å². The third kappa shape index (κ3) is 4.84. The van der Waals surface area contributed by atoms with Gasteiger partial charge < -0.3 is 14.4 Å². The van der Waals surface area contributed by atoms with E-state index >= 15 is 0 Å². The maximum absolute atomic E-state index is 12.7. The normalized spacial score (nSPS) is 18.7. The molecular formula is C19H19BrN2O5S. The average Bonchev–Trinajstić information content (AvgIpc) is 2.95. The lowest BCUT2D eigenvalue weighted by Crippen LogP contribution is -2.46. The Kier molecular flexibility index (Phi) is 6.93. The average molecular weight is 467 g/mol. The van der Waals surface area contributed by atoms with Crippen molar-refractivity contribution in [1.29, 1.82) is 0 Å². The van der Waals surface area contributed by atoms with Gasteiger partial charge in [0, 0.05) is 23.1 Å². The molecule has 28 heavy (non-hydrogen) atoms. The molecule has 2 saturated heterocycles. The maximum Gasteiger partial charge on any atom is 0.294 e. The molecule has 0 atom stereocenters. The van der Waals surface area contributed by atoms with Crippen molar-refractivity contribution in [3.05, 3.63) is 45.8 Å². The van der Waals surface area contributed by atoms with Crippen LogP contribution in [0.2, 0.25) is 0 Å². The highest BCUT2D eigenvalue weighted by atomic mass is 79.9. The third-order valence-electron chi connectivity index (χ3n) is 4.15. The Morgan fingerprint density at radius 3 is 2.79 bits per heavy atom. The van der Waals surface area contributed by atoms with Gasteiger partial charge in [0.05, 0.1) is 18.1 Å². The van der Waals surface area contributed by atoms with E-state index in [1.54, 1.807) is 29.2 Å². The maximum atomic E-state index is 12.7. The molecule has 148 valence electrons. The molecule has 1 aromatic rings. The summed E-state index contributed by atoms with van der Waals surface area (Å²) in [4.78, 5) is 40.2. The molecule has 9 heteroatoms. The molecule has 0 N–H and O–H groups in total. The van der Waals surface area contributed by atoms with Gasteiger partial charge in [0.2, 0.25) is 5.91 Å². The summed E-state index contributed by atoms with van der Waals surface area (Å²) in [6, 6.07) is 5.39. The number of amides is 3. The topological polar surface area (TPSA) is 76.2 Å². The number of ether oxygens (including phenoxy) is 2. The smallest absolute Gasteiger partial charge is 0.294 e. The summed E-state index contributed by atoms with van der Waals surface area (Å²) in [5.41, 5.74) is 0.654. The lowest BCUT2D eigenvalue weighted by atomic mass is 10.2. The monoisotopic (exact) mass is 466 g/mol. The van der Waals surface area contributed by atoms with Crippen LogP contribution in [0.1, 0.15) is 5.56 Å². The van der Waals surface area contributed by atoms with Crippen molar-refractivity contribution < 1.29 is 23.9 Å². The molecule has 0 spiro atoms. The van der Waals surface area contributed by atoms with E-state index in [4.69, 9.17) is 9.47 Å². The number of nitrogens with zero attached hydrogens (tertiary/aromatic N) is 2. The van der Waals surface area contributed by atoms with Gasteiger partial charge in [0.1, 0.15) is 18.9 Å². The number of imide groups is 1. The Balaban J connectivity index is 1.76. The van der Waals surface area contributed by atoms with Crippen molar-refractivity contribution in [2.45, 2.75) is 0 Å². The zero-order valence-electron chi connectivity index (χ0n) is 15.1. The van der Waals surface area contributed by atoms with E-state index in [0.717, 1.165) is 21.1 Å². The Bertz CT molecular complexity index is 836. The van der Waals surface area contributed by atoms with Gasteiger partial charge in [-0.25, -0.2) is 0 Å². The Morgan fingerprint density at radius 2 is 2.07 bits per heavy atom. The van der Waals surface area contributed by atoms with E-state index in [1.165, 1.54) is 0 Å². The van der Waals surface area contributed by atoms with Crippen molar-refractivity contribution in [3.8, 4) is 5.75 Å². The second kappa shape index (κ2) is 9.40. The van der Waals surface area contributed by atoms with E-state index in [9.17, 15) is 14.4 Å². The molecule has 0 unspecified atom stereocenters. The second-order valence-electron chi connectivity index (χ2n) is 6.04. The number of carbonyl (C=O) groups excluding carboxylic acids is 3. The summed E-state index contributed by atoms with van der Waals surface area (Å²) in [7, 11) is 0. The summed E-state index contributed by atoms with van der Waals surface area (Å²) in [5, 5.41) is -0.457. The predicted octanol–water partition coefficient (Wildman–Crippen LogP) is 2.91. The molecule has 1 aromatic carbocycles. The van der Waals surface area contributed by atoms with Crippen molar-refractivity contribution in [3.63, 3.8) is 0 Å². The van der Waals surface area contributed by atoms with Gasteiger partial charge in [-0.2, -0.15) is 0 Å². The first-order chi connectivity index (χ1) is 13.5. The molecule has 0 aromatic heterocycles. The van der Waals surface area contributed by atoms with Crippen LogP contribution in [0.4, 0.5) is 4.79 Å². The standard InChI is InChI=1S/C19H19BrN2O5S/c1-2-7-27-15-4-3-14(20)10-13(15)11-16-18(24)22(19(25)28-16)12-17(23)21-5-8-26-9-6-21/h2-4,10-11H,1,5-9,12H2/b16-11-. The SMILES string of the molecule is C=CCOc1ccc(Br)cc1/C=C1\SC(=O)N(CC(=O)N2CCOCC2)C1=O. The summed E-state index contributed by atoms with van der Waals surface area (Å²) in [5.74, 6) is -0.171. The lowest BCUT2D eigenvalue weighted by molar-refractivity contribution is -0.139. The van der Waals surface area contributed by atoms with Crippen LogP contribution in [0.5, 0.6) is 5.75 Å². The molecule has 3 amide bonds. The number of hydrogen-bond donors (Lipinski definition) is 0. The number of carbonyl (C=O) groups is 3. The largest absolute Gasteiger partial charge is 0.489 e. The second-order valence-corrected chi connectivity index (χ2v) is 7.95. The predicted molar refractivity (Wildman–Crippen MR) is 110 cm³/mol. The highest BCUT2D eigenvalue weighted by Crippen LogP contribution is 2.34. The zero-order chi connectivity index (χ0) is 20.1. The van der Waals surface area contributed by atoms with Gasteiger partial charge >= 0.3 is 0 Å². The fourth-order valence-corrected chi connectivity index (χ4v) is 3.95. The molecule has 0 bridgehead atoms. The number of hydrogen-bond acceptors (Lipinski definition) is 6. The third-order valence-corrected chi connectivity index (χ3v) is 5.55. The van der Waals surface area contributed by atoms with Crippen molar-refractivity contribution in [1.82, 2.24) is 9.80 Å². The van der Waals surface area contributed by atoms with Crippen molar-refractivity contribution >= 4 is 50.8 Å². The van der Waals surface area contributed by atoms with Crippen molar-refractivity contribution in [2.24, 2.45) is 0 Å². The van der Waals surface area contributed by atoms with E-state index in [2.05, 4.69) is 22.5 Å². The first-order valence-electron chi connectivity index (χ1n) is 8.63. The van der Waals surface area contributed by atoms with Gasteiger partial charge in [-0.1, -0.05) is 28.6 Å². The summed E-state index contributed by atoms with van der Waals surface area (Å²) < 4.78 is 11.6. The molecule has 2 heterocycles. The van der Waals surface area contributed by atoms with Crippen LogP contribution >= 0.6 is 27.7 Å². The number of morpholine rings is 1. The molecular weight excluding hydrogens is 448 g/mol. The summed E-state index contributed by atoms with van der Waals surface area (Å²) in [6.07, 6.45) is 3.23. The van der Waals surface area contributed by atoms with Gasteiger partial charge in [-0.05, 0) is 36.0 Å². The Labute approximate surface area is 175 Å². The minimum atomic E-state index is -0.480. The van der Waals surface area contributed by atoms with Gasteiger partial charge in [-0.3, -0.25) is 19.3 Å². The molecule has 7 nitrogen and oxygen atoms in total. The molecule has 3 rings (SSSR count). The highest BCUT2D eigenvalue weighted by molar-refractivity contribution is 9.10. The highest BCUT2D eigenvalue weighted by Gasteiger charge is 2.37. The quantitative estimate of drug-likeness (QED) is 0.473. The van der Waals surface area contributed by atoms with E-state index in [1.807, 2.05) is 6.07 Å². The molecule has 0 aliphatic carbocycles. The van der Waals surface area contributed by atoms with Crippen LogP contribution in [-0.2, 0) is 14.3 Å². The fraction of sp³-hybridized carbons (Fsp3) is 0.316.